The Bertz CT molecular complexity index is 84.2. The van der Waals surface area contributed by atoms with Crippen LogP contribution in [0.3, 0.4) is 0 Å². The molecule has 0 radical (unpaired) electrons. The number of carbonyl (C=O) groups excluding carboxylic acids is 1. The largest absolute Gasteiger partial charge is 0.319 e. The Morgan fingerprint density at radius 3 is 1.86 bits per heavy atom. The number of hydrogen-bond acceptors (Lipinski definition) is 2. The molecule has 0 heterocycles. The molecule has 0 saturated heterocycles. The van der Waals surface area contributed by atoms with Gasteiger partial charge in [0.1, 0.15) is 0 Å². The number of thiol groups is 1. The molecule has 0 fully saturated rings. The van der Waals surface area contributed by atoms with Gasteiger partial charge in [-0.25, -0.2) is 0 Å². The monoisotopic (exact) mass is 119 g/mol. The molecule has 0 aromatic heterocycles. The molecule has 0 aromatic rings. The number of nitrogens with two attached hydrogens (primary N) is 1. The molecule has 0 aliphatic carbocycles. The quantitative estimate of drug-likeness (QED) is 0.483. The van der Waals surface area contributed by atoms with Crippen molar-refractivity contribution in [3.63, 3.8) is 0 Å². The van der Waals surface area contributed by atoms with Crippen molar-refractivity contribution < 1.29 is 4.79 Å². The predicted octanol–water partition coefficient (Wildman–Crippen LogP) is 0.180. The maximum absolute atomic E-state index is 10.2. The number of rotatable bonds is 1. The van der Waals surface area contributed by atoms with Crippen LogP contribution in [0.1, 0.15) is 13.8 Å². The van der Waals surface area contributed by atoms with Gasteiger partial charge in [-0.3, -0.25) is 4.79 Å². The van der Waals surface area contributed by atoms with Crippen molar-refractivity contribution in [2.45, 2.75) is 19.4 Å². The third-order valence-corrected chi connectivity index (χ3v) is 1.13. The zero-order valence-corrected chi connectivity index (χ0v) is 5.33. The van der Waals surface area contributed by atoms with Crippen molar-refractivity contribution in [1.29, 1.82) is 0 Å². The minimum Gasteiger partial charge on any atom is -0.319 e. The summed E-state index contributed by atoms with van der Waals surface area (Å²) in [7, 11) is 0. The van der Waals surface area contributed by atoms with Crippen molar-refractivity contribution in [2.75, 3.05) is 0 Å². The lowest BCUT2D eigenvalue weighted by Gasteiger charge is -2.10. The van der Waals surface area contributed by atoms with Crippen molar-refractivity contribution in [3.05, 3.63) is 0 Å². The summed E-state index contributed by atoms with van der Waals surface area (Å²) in [4.78, 5) is 10.2. The van der Waals surface area contributed by atoms with E-state index < -0.39 is 5.54 Å². The molecule has 0 amide bonds. The Hall–Kier alpha value is -0.0200. The van der Waals surface area contributed by atoms with Crippen LogP contribution in [0.4, 0.5) is 0 Å². The second-order valence-corrected chi connectivity index (χ2v) is 2.43. The highest BCUT2D eigenvalue weighted by Gasteiger charge is 2.16. The molecule has 0 unspecified atom stereocenters. The highest BCUT2D eigenvalue weighted by atomic mass is 32.1. The molecular weight excluding hydrogens is 110 g/mol. The molecule has 3 heteroatoms. The van der Waals surface area contributed by atoms with E-state index in [0.717, 1.165) is 0 Å². The summed E-state index contributed by atoms with van der Waals surface area (Å²) < 4.78 is 0. The van der Waals surface area contributed by atoms with Crippen LogP contribution >= 0.6 is 12.6 Å². The van der Waals surface area contributed by atoms with Crippen molar-refractivity contribution in [1.82, 2.24) is 0 Å². The molecule has 0 spiro atoms. The molecule has 2 nitrogen and oxygen atoms in total. The Balaban J connectivity index is 3.79. The molecule has 0 aromatic carbocycles. The SMILES string of the molecule is CC(C)(N)C(=O)S. The van der Waals surface area contributed by atoms with Gasteiger partial charge in [0.05, 0.1) is 5.54 Å². The summed E-state index contributed by atoms with van der Waals surface area (Å²) in [6.07, 6.45) is 0. The van der Waals surface area contributed by atoms with Gasteiger partial charge in [0, 0.05) is 0 Å². The average molecular weight is 119 g/mol. The Kier molecular flexibility index (Phi) is 1.83. The molecule has 0 aliphatic rings. The summed E-state index contributed by atoms with van der Waals surface area (Å²) in [5, 5.41) is -0.285. The fraction of sp³-hybridized carbons (Fsp3) is 0.750. The van der Waals surface area contributed by atoms with Gasteiger partial charge in [0.15, 0.2) is 0 Å². The predicted molar refractivity (Wildman–Crippen MR) is 32.3 cm³/mol. The third-order valence-electron chi connectivity index (χ3n) is 0.551. The Labute approximate surface area is 48.5 Å². The van der Waals surface area contributed by atoms with Crippen molar-refractivity contribution in [3.8, 4) is 0 Å². The number of hydrogen-bond donors (Lipinski definition) is 2. The fourth-order valence-electron chi connectivity index (χ4n) is 0. The summed E-state index contributed by atoms with van der Waals surface area (Å²) >= 11 is 3.51. The maximum Gasteiger partial charge on any atom is 0.205 e. The molecule has 42 valence electrons. The van der Waals surface area contributed by atoms with Gasteiger partial charge in [-0.05, 0) is 13.8 Å². The topological polar surface area (TPSA) is 43.1 Å². The Morgan fingerprint density at radius 2 is 1.86 bits per heavy atom. The third kappa shape index (κ3) is 2.65. The van der Waals surface area contributed by atoms with Gasteiger partial charge < -0.3 is 5.73 Å². The van der Waals surface area contributed by atoms with Gasteiger partial charge >= 0.3 is 0 Å². The molecule has 0 rings (SSSR count). The Morgan fingerprint density at radius 1 is 1.71 bits per heavy atom. The van der Waals surface area contributed by atoms with Crippen LogP contribution in [0.5, 0.6) is 0 Å². The van der Waals surface area contributed by atoms with Gasteiger partial charge in [-0.2, -0.15) is 0 Å². The zero-order valence-electron chi connectivity index (χ0n) is 4.43. The smallest absolute Gasteiger partial charge is 0.205 e. The first-order valence-corrected chi connectivity index (χ1v) is 2.41. The first kappa shape index (κ1) is 6.98. The lowest BCUT2D eigenvalue weighted by atomic mass is 10.1. The maximum atomic E-state index is 10.2. The van der Waals surface area contributed by atoms with Crippen LogP contribution in [0.2, 0.25) is 0 Å². The van der Waals surface area contributed by atoms with Crippen LogP contribution < -0.4 is 5.73 Å². The zero-order chi connectivity index (χ0) is 6.08. The van der Waals surface area contributed by atoms with Gasteiger partial charge in [-0.15, -0.1) is 12.6 Å². The van der Waals surface area contributed by atoms with Crippen LogP contribution in [0, 0.1) is 0 Å². The van der Waals surface area contributed by atoms with Crippen LogP contribution in [0.15, 0.2) is 0 Å². The highest BCUT2D eigenvalue weighted by molar-refractivity contribution is 7.96. The summed E-state index contributed by atoms with van der Waals surface area (Å²) in [6.45, 7) is 3.23. The fourth-order valence-corrected chi connectivity index (χ4v) is 0. The molecule has 0 bridgehead atoms. The van der Waals surface area contributed by atoms with E-state index in [1.54, 1.807) is 13.8 Å². The summed E-state index contributed by atoms with van der Waals surface area (Å²) in [6, 6.07) is 0. The average Bonchev–Trinajstić information content (AvgIpc) is 1.31. The molecule has 0 aliphatic heterocycles. The summed E-state index contributed by atoms with van der Waals surface area (Å²) in [5.74, 6) is 0. The standard InChI is InChI=1S/C4H9NOS/c1-4(2,5)3(6)7/h5H2,1-2H3,(H,6,7). The van der Waals surface area contributed by atoms with E-state index in [9.17, 15) is 4.79 Å². The second kappa shape index (κ2) is 1.84. The van der Waals surface area contributed by atoms with E-state index in [2.05, 4.69) is 12.6 Å². The molecule has 0 saturated carbocycles. The minimum atomic E-state index is -0.775. The van der Waals surface area contributed by atoms with Crippen molar-refractivity contribution >= 4 is 17.7 Å². The molecule has 0 atom stereocenters. The molecule has 2 N–H and O–H groups in total. The lowest BCUT2D eigenvalue weighted by Crippen LogP contribution is -2.38. The van der Waals surface area contributed by atoms with E-state index in [0.29, 0.717) is 0 Å². The number of carbonyl (C=O) groups is 1. The first-order valence-electron chi connectivity index (χ1n) is 1.97. The van der Waals surface area contributed by atoms with E-state index in [-0.39, 0.29) is 5.12 Å². The van der Waals surface area contributed by atoms with Crippen LogP contribution in [-0.4, -0.2) is 10.7 Å². The van der Waals surface area contributed by atoms with Gasteiger partial charge in [0.2, 0.25) is 5.12 Å². The second-order valence-electron chi connectivity index (χ2n) is 2.03. The molecular formula is C4H9NOS. The van der Waals surface area contributed by atoms with Crippen LogP contribution in [0.25, 0.3) is 0 Å². The normalized spacial score (nSPS) is 11.4. The first-order chi connectivity index (χ1) is 2.94. The molecule has 7 heavy (non-hydrogen) atoms. The van der Waals surface area contributed by atoms with Gasteiger partial charge in [0.25, 0.3) is 0 Å². The van der Waals surface area contributed by atoms with Gasteiger partial charge in [-0.1, -0.05) is 0 Å². The highest BCUT2D eigenvalue weighted by Crippen LogP contribution is 1.99. The lowest BCUT2D eigenvalue weighted by molar-refractivity contribution is -0.114. The van der Waals surface area contributed by atoms with Crippen LogP contribution in [-0.2, 0) is 4.79 Å². The minimum absolute atomic E-state index is 0.285. The summed E-state index contributed by atoms with van der Waals surface area (Å²) in [5.41, 5.74) is 4.48. The van der Waals surface area contributed by atoms with E-state index in [1.807, 2.05) is 0 Å². The van der Waals surface area contributed by atoms with Crippen molar-refractivity contribution in [2.24, 2.45) is 5.73 Å². The van der Waals surface area contributed by atoms with E-state index in [4.69, 9.17) is 5.73 Å². The van der Waals surface area contributed by atoms with E-state index >= 15 is 0 Å². The van der Waals surface area contributed by atoms with E-state index in [1.165, 1.54) is 0 Å².